The van der Waals surface area contributed by atoms with Gasteiger partial charge in [-0.1, -0.05) is 47.7 Å². The van der Waals surface area contributed by atoms with Crippen molar-refractivity contribution in [3.05, 3.63) is 94.8 Å². The predicted molar refractivity (Wildman–Crippen MR) is 138 cm³/mol. The molecule has 200 valence electrons. The Balaban J connectivity index is 1.50. The van der Waals surface area contributed by atoms with Crippen LogP contribution in [0, 0.1) is 0 Å². The number of halogens is 3. The summed E-state index contributed by atoms with van der Waals surface area (Å²) in [6.45, 7) is 0.0799. The SMILES string of the molecule is COC(=O)c1sc2cc(Cn3cc(C(O)(c4ccccc4)C(F)(F)F)nn3)ccc2c1-c1ccc(OC)nc1. The van der Waals surface area contributed by atoms with Crippen LogP contribution in [0.2, 0.25) is 0 Å². The van der Waals surface area contributed by atoms with Crippen molar-refractivity contribution in [2.24, 2.45) is 0 Å². The van der Waals surface area contributed by atoms with Gasteiger partial charge >= 0.3 is 12.1 Å². The van der Waals surface area contributed by atoms with Gasteiger partial charge in [0.05, 0.1) is 27.0 Å². The van der Waals surface area contributed by atoms with Gasteiger partial charge in [0, 0.05) is 33.5 Å². The third-order valence-corrected chi connectivity index (χ3v) is 7.35. The lowest BCUT2D eigenvalue weighted by atomic mass is 9.90. The fourth-order valence-electron chi connectivity index (χ4n) is 4.28. The number of aromatic nitrogens is 4. The summed E-state index contributed by atoms with van der Waals surface area (Å²) in [6, 6.07) is 15.6. The predicted octanol–water partition coefficient (Wildman–Crippen LogP) is 5.20. The number of hydrogen-bond acceptors (Lipinski definition) is 8. The van der Waals surface area contributed by atoms with Crippen LogP contribution in [0.1, 0.15) is 26.5 Å². The molecule has 0 bridgehead atoms. The van der Waals surface area contributed by atoms with Gasteiger partial charge in [-0.05, 0) is 23.3 Å². The Kier molecular flexibility index (Phi) is 6.83. The fourth-order valence-corrected chi connectivity index (χ4v) is 5.48. The van der Waals surface area contributed by atoms with Gasteiger partial charge in [-0.15, -0.1) is 16.4 Å². The zero-order chi connectivity index (χ0) is 27.8. The quantitative estimate of drug-likeness (QED) is 0.276. The Bertz CT molecular complexity index is 1630. The minimum absolute atomic E-state index is 0.0799. The van der Waals surface area contributed by atoms with E-state index in [0.29, 0.717) is 27.4 Å². The van der Waals surface area contributed by atoms with Crippen LogP contribution in [0.25, 0.3) is 21.2 Å². The highest BCUT2D eigenvalue weighted by molar-refractivity contribution is 7.21. The van der Waals surface area contributed by atoms with Crippen molar-refractivity contribution in [3.8, 4) is 17.0 Å². The third-order valence-electron chi connectivity index (χ3n) is 6.22. The van der Waals surface area contributed by atoms with E-state index in [4.69, 9.17) is 9.47 Å². The van der Waals surface area contributed by atoms with E-state index >= 15 is 0 Å². The normalized spacial score (nSPS) is 13.3. The maximum atomic E-state index is 14.0. The molecule has 0 aliphatic heterocycles. The largest absolute Gasteiger partial charge is 0.481 e. The first-order valence-corrected chi connectivity index (χ1v) is 12.4. The molecule has 12 heteroatoms. The minimum Gasteiger partial charge on any atom is -0.481 e. The minimum atomic E-state index is -5.03. The maximum Gasteiger partial charge on any atom is 0.427 e. The van der Waals surface area contributed by atoms with E-state index in [1.165, 1.54) is 54.5 Å². The van der Waals surface area contributed by atoms with E-state index in [0.717, 1.165) is 16.3 Å². The summed E-state index contributed by atoms with van der Waals surface area (Å²) in [7, 11) is 2.81. The molecule has 8 nitrogen and oxygen atoms in total. The summed E-state index contributed by atoms with van der Waals surface area (Å²) in [6.07, 6.45) is -2.35. The average molecular weight is 555 g/mol. The first-order valence-electron chi connectivity index (χ1n) is 11.5. The van der Waals surface area contributed by atoms with Gasteiger partial charge in [-0.2, -0.15) is 13.2 Å². The maximum absolute atomic E-state index is 14.0. The summed E-state index contributed by atoms with van der Waals surface area (Å²) in [4.78, 5) is 17.2. The van der Waals surface area contributed by atoms with Gasteiger partial charge in [0.25, 0.3) is 0 Å². The van der Waals surface area contributed by atoms with Gasteiger partial charge in [0.15, 0.2) is 0 Å². The number of pyridine rings is 1. The summed E-state index contributed by atoms with van der Waals surface area (Å²) >= 11 is 1.23. The van der Waals surface area contributed by atoms with Crippen LogP contribution >= 0.6 is 11.3 Å². The molecule has 0 saturated carbocycles. The number of alkyl halides is 3. The van der Waals surface area contributed by atoms with E-state index in [2.05, 4.69) is 15.3 Å². The monoisotopic (exact) mass is 554 g/mol. The highest BCUT2D eigenvalue weighted by Crippen LogP contribution is 2.43. The number of nitrogens with zero attached hydrogens (tertiary/aromatic N) is 4. The highest BCUT2D eigenvalue weighted by Gasteiger charge is 2.58. The van der Waals surface area contributed by atoms with Crippen molar-refractivity contribution in [3.63, 3.8) is 0 Å². The standard InChI is InChI=1S/C27H21F3N4O4S/c1-37-22-11-9-17(13-31-22)23-19-10-8-16(12-20(19)39-24(23)25(35)38-2)14-34-15-21(32-33-34)26(36,27(28,29)30)18-6-4-3-5-7-18/h3-13,15,36H,14H2,1-2H3. The van der Waals surface area contributed by atoms with Crippen LogP contribution in [-0.4, -0.2) is 51.4 Å². The highest BCUT2D eigenvalue weighted by atomic mass is 32.1. The molecule has 5 aromatic rings. The van der Waals surface area contributed by atoms with E-state index in [-0.39, 0.29) is 12.1 Å². The summed E-state index contributed by atoms with van der Waals surface area (Å²) in [5, 5.41) is 19.1. The van der Waals surface area contributed by atoms with E-state index < -0.39 is 23.4 Å². The molecule has 2 aromatic carbocycles. The molecule has 0 saturated heterocycles. The Morgan fingerprint density at radius 1 is 1.08 bits per heavy atom. The number of benzene rings is 2. The van der Waals surface area contributed by atoms with Crippen LogP contribution in [-0.2, 0) is 16.9 Å². The molecule has 0 amide bonds. The number of hydrogen-bond donors (Lipinski definition) is 1. The molecule has 0 fully saturated rings. The number of carbonyl (C=O) groups excluding carboxylic acids is 1. The molecule has 1 N–H and O–H groups in total. The second kappa shape index (κ2) is 10.1. The van der Waals surface area contributed by atoms with Gasteiger partial charge in [-0.3, -0.25) is 0 Å². The van der Waals surface area contributed by atoms with Gasteiger partial charge < -0.3 is 14.6 Å². The smallest absolute Gasteiger partial charge is 0.427 e. The lowest BCUT2D eigenvalue weighted by Crippen LogP contribution is -2.43. The Morgan fingerprint density at radius 3 is 2.49 bits per heavy atom. The first kappa shape index (κ1) is 26.3. The molecule has 3 aromatic heterocycles. The fraction of sp³-hybridized carbons (Fsp3) is 0.185. The second-order valence-corrected chi connectivity index (χ2v) is 9.65. The topological polar surface area (TPSA) is 99.4 Å². The van der Waals surface area contributed by atoms with Crippen molar-refractivity contribution in [2.45, 2.75) is 18.3 Å². The molecule has 5 rings (SSSR count). The van der Waals surface area contributed by atoms with E-state index in [1.807, 2.05) is 12.1 Å². The molecular formula is C27H21F3N4O4S. The summed E-state index contributed by atoms with van der Waals surface area (Å²) in [5.41, 5.74) is -2.26. The lowest BCUT2D eigenvalue weighted by molar-refractivity contribution is -0.249. The van der Waals surface area contributed by atoms with Crippen molar-refractivity contribution in [1.29, 1.82) is 0 Å². The van der Waals surface area contributed by atoms with Crippen LogP contribution in [0.4, 0.5) is 13.2 Å². The molecule has 1 unspecified atom stereocenters. The number of aliphatic hydroxyl groups is 1. The van der Waals surface area contributed by atoms with Gasteiger partial charge in [-0.25, -0.2) is 14.5 Å². The molecule has 0 aliphatic rings. The summed E-state index contributed by atoms with van der Waals surface area (Å²) in [5.74, 6) is -0.0751. The van der Waals surface area contributed by atoms with Crippen molar-refractivity contribution in [2.75, 3.05) is 14.2 Å². The van der Waals surface area contributed by atoms with Gasteiger partial charge in [0.1, 0.15) is 10.6 Å². The number of esters is 1. The van der Waals surface area contributed by atoms with E-state index in [1.54, 1.807) is 30.5 Å². The van der Waals surface area contributed by atoms with Crippen LogP contribution in [0.5, 0.6) is 5.88 Å². The van der Waals surface area contributed by atoms with Crippen LogP contribution < -0.4 is 4.74 Å². The number of fused-ring (bicyclic) bond motifs is 1. The molecule has 3 heterocycles. The Morgan fingerprint density at radius 2 is 1.85 bits per heavy atom. The first-order chi connectivity index (χ1) is 18.7. The second-order valence-electron chi connectivity index (χ2n) is 8.59. The van der Waals surface area contributed by atoms with Crippen LogP contribution in [0.3, 0.4) is 0 Å². The number of rotatable bonds is 7. The third kappa shape index (κ3) is 4.72. The zero-order valence-electron chi connectivity index (χ0n) is 20.6. The van der Waals surface area contributed by atoms with Crippen molar-refractivity contribution >= 4 is 27.4 Å². The molecule has 39 heavy (non-hydrogen) atoms. The average Bonchev–Trinajstić information content (AvgIpc) is 3.57. The van der Waals surface area contributed by atoms with Crippen LogP contribution in [0.15, 0.2) is 73.1 Å². The molecule has 0 spiro atoms. The molecule has 0 aliphatic carbocycles. The Labute approximate surface area is 224 Å². The number of thiophene rings is 1. The van der Waals surface area contributed by atoms with Gasteiger partial charge in [0.2, 0.25) is 11.5 Å². The summed E-state index contributed by atoms with van der Waals surface area (Å²) < 4.78 is 54.2. The number of carbonyl (C=O) groups is 1. The number of methoxy groups -OCH3 is 2. The zero-order valence-corrected chi connectivity index (χ0v) is 21.5. The molecule has 0 radical (unpaired) electrons. The lowest BCUT2D eigenvalue weighted by Gasteiger charge is -2.28. The van der Waals surface area contributed by atoms with E-state index in [9.17, 15) is 23.1 Å². The molecular weight excluding hydrogens is 533 g/mol. The van der Waals surface area contributed by atoms with Crippen molar-refractivity contribution in [1.82, 2.24) is 20.0 Å². The Hall–Kier alpha value is -4.29. The van der Waals surface area contributed by atoms with Crippen molar-refractivity contribution < 1.29 is 32.5 Å². The molecule has 1 atom stereocenters. The number of ether oxygens (including phenoxy) is 2.